The highest BCUT2D eigenvalue weighted by atomic mass is 16.5. The number of benzene rings is 1. The monoisotopic (exact) mass is 232 g/mol. The van der Waals surface area contributed by atoms with Crippen molar-refractivity contribution in [2.24, 2.45) is 7.05 Å². The van der Waals surface area contributed by atoms with Crippen molar-refractivity contribution < 1.29 is 14.6 Å². The molecule has 1 heterocycles. The highest BCUT2D eigenvalue weighted by Gasteiger charge is 2.23. The first kappa shape index (κ1) is 11.2. The number of carboxylic acid groups (broad SMARTS) is 1. The van der Waals surface area contributed by atoms with Gasteiger partial charge in [0.05, 0.1) is 7.11 Å². The second-order valence-corrected chi connectivity index (χ2v) is 3.53. The van der Waals surface area contributed by atoms with Crippen molar-refractivity contribution in [3.8, 4) is 17.1 Å². The van der Waals surface area contributed by atoms with Crippen molar-refractivity contribution in [2.75, 3.05) is 7.11 Å². The Labute approximate surface area is 98.3 Å². The summed E-state index contributed by atoms with van der Waals surface area (Å²) in [6, 6.07) is 9.16. The number of hydrogen-bond acceptors (Lipinski definition) is 3. The smallest absolute Gasteiger partial charge is 0.343 e. The standard InChI is InChI=1S/C12H12N2O3/c1-14-11(17-2)9(12(15)16)10(13-14)8-6-4-3-5-7-8/h3-7H,1-2H3,(H,15,16). The molecule has 0 aliphatic carbocycles. The van der Waals surface area contributed by atoms with Crippen LogP contribution < -0.4 is 4.74 Å². The number of carboxylic acids is 1. The van der Waals surface area contributed by atoms with E-state index in [2.05, 4.69) is 5.10 Å². The predicted octanol–water partition coefficient (Wildman–Crippen LogP) is 1.79. The van der Waals surface area contributed by atoms with Crippen molar-refractivity contribution >= 4 is 5.97 Å². The summed E-state index contributed by atoms with van der Waals surface area (Å²) in [6.07, 6.45) is 0. The van der Waals surface area contributed by atoms with Crippen LogP contribution in [-0.2, 0) is 7.05 Å². The first-order valence-corrected chi connectivity index (χ1v) is 5.05. The summed E-state index contributed by atoms with van der Waals surface area (Å²) in [5.74, 6) is -0.801. The number of aryl methyl sites for hydroxylation is 1. The number of hydrogen-bond donors (Lipinski definition) is 1. The third kappa shape index (κ3) is 1.87. The van der Waals surface area contributed by atoms with E-state index in [1.54, 1.807) is 7.05 Å². The lowest BCUT2D eigenvalue weighted by Crippen LogP contribution is -2.01. The molecule has 0 aliphatic rings. The van der Waals surface area contributed by atoms with Crippen LogP contribution in [0.2, 0.25) is 0 Å². The number of carbonyl (C=O) groups is 1. The van der Waals surface area contributed by atoms with E-state index < -0.39 is 5.97 Å². The van der Waals surface area contributed by atoms with Crippen molar-refractivity contribution in [3.63, 3.8) is 0 Å². The molecule has 0 bridgehead atoms. The molecule has 1 aromatic carbocycles. The van der Waals surface area contributed by atoms with Gasteiger partial charge in [-0.3, -0.25) is 0 Å². The summed E-state index contributed by atoms with van der Waals surface area (Å²) in [5.41, 5.74) is 1.25. The highest BCUT2D eigenvalue weighted by Crippen LogP contribution is 2.29. The third-order valence-electron chi connectivity index (χ3n) is 2.45. The summed E-state index contributed by atoms with van der Waals surface area (Å²) >= 11 is 0. The molecular weight excluding hydrogens is 220 g/mol. The second kappa shape index (κ2) is 4.29. The molecule has 0 atom stereocenters. The van der Waals surface area contributed by atoms with Gasteiger partial charge in [-0.05, 0) is 0 Å². The zero-order valence-corrected chi connectivity index (χ0v) is 9.54. The van der Waals surface area contributed by atoms with Gasteiger partial charge >= 0.3 is 5.97 Å². The molecule has 88 valence electrons. The number of rotatable bonds is 3. The van der Waals surface area contributed by atoms with Gasteiger partial charge in [-0.1, -0.05) is 30.3 Å². The summed E-state index contributed by atoms with van der Waals surface area (Å²) in [7, 11) is 3.08. The molecule has 2 aromatic rings. The maximum atomic E-state index is 11.3. The number of aromatic nitrogens is 2. The highest BCUT2D eigenvalue weighted by molar-refractivity contribution is 5.97. The molecule has 0 unspecified atom stereocenters. The lowest BCUT2D eigenvalue weighted by atomic mass is 10.1. The third-order valence-corrected chi connectivity index (χ3v) is 2.45. The molecule has 1 N–H and O–H groups in total. The Hall–Kier alpha value is -2.30. The van der Waals surface area contributed by atoms with E-state index in [1.165, 1.54) is 11.8 Å². The van der Waals surface area contributed by atoms with Crippen LogP contribution in [0.4, 0.5) is 0 Å². The van der Waals surface area contributed by atoms with Crippen molar-refractivity contribution in [1.29, 1.82) is 0 Å². The summed E-state index contributed by atoms with van der Waals surface area (Å²) in [4.78, 5) is 11.3. The molecule has 5 nitrogen and oxygen atoms in total. The van der Waals surface area contributed by atoms with E-state index in [0.29, 0.717) is 5.69 Å². The van der Waals surface area contributed by atoms with Crippen LogP contribution in [0.5, 0.6) is 5.88 Å². The Bertz CT molecular complexity index is 546. The molecule has 0 saturated heterocycles. The minimum absolute atomic E-state index is 0.0844. The second-order valence-electron chi connectivity index (χ2n) is 3.53. The van der Waals surface area contributed by atoms with Crippen molar-refractivity contribution in [2.45, 2.75) is 0 Å². The van der Waals surface area contributed by atoms with Crippen LogP contribution in [0.3, 0.4) is 0 Å². The fourth-order valence-corrected chi connectivity index (χ4v) is 1.73. The van der Waals surface area contributed by atoms with Crippen LogP contribution in [0, 0.1) is 0 Å². The van der Waals surface area contributed by atoms with Gasteiger partial charge in [0, 0.05) is 12.6 Å². The maximum absolute atomic E-state index is 11.3. The van der Waals surface area contributed by atoms with Gasteiger partial charge in [0.25, 0.3) is 0 Å². The molecule has 0 spiro atoms. The Morgan fingerprint density at radius 3 is 2.53 bits per heavy atom. The van der Waals surface area contributed by atoms with Gasteiger partial charge in [0.1, 0.15) is 11.3 Å². The maximum Gasteiger partial charge on any atom is 0.343 e. The molecule has 0 aliphatic heterocycles. The molecular formula is C12H12N2O3. The van der Waals surface area contributed by atoms with Gasteiger partial charge < -0.3 is 9.84 Å². The summed E-state index contributed by atoms with van der Waals surface area (Å²) < 4.78 is 6.48. The van der Waals surface area contributed by atoms with E-state index >= 15 is 0 Å². The number of nitrogens with zero attached hydrogens (tertiary/aromatic N) is 2. The van der Waals surface area contributed by atoms with Crippen molar-refractivity contribution in [3.05, 3.63) is 35.9 Å². The zero-order chi connectivity index (χ0) is 12.4. The fraction of sp³-hybridized carbons (Fsp3) is 0.167. The lowest BCUT2D eigenvalue weighted by Gasteiger charge is -2.00. The predicted molar refractivity (Wildman–Crippen MR) is 62.2 cm³/mol. The first-order valence-electron chi connectivity index (χ1n) is 5.05. The zero-order valence-electron chi connectivity index (χ0n) is 9.54. The minimum Gasteiger partial charge on any atom is -0.481 e. The Balaban J connectivity index is 2.66. The molecule has 0 amide bonds. The largest absolute Gasteiger partial charge is 0.481 e. The Morgan fingerprint density at radius 1 is 1.35 bits per heavy atom. The van der Waals surface area contributed by atoms with Crippen LogP contribution in [0.15, 0.2) is 30.3 Å². The average Bonchev–Trinajstić information content (AvgIpc) is 2.67. The fourth-order valence-electron chi connectivity index (χ4n) is 1.73. The molecule has 17 heavy (non-hydrogen) atoms. The van der Waals surface area contributed by atoms with Gasteiger partial charge in [-0.15, -0.1) is 0 Å². The molecule has 0 saturated carbocycles. The van der Waals surface area contributed by atoms with E-state index in [0.717, 1.165) is 5.56 Å². The van der Waals surface area contributed by atoms with Crippen LogP contribution in [0.1, 0.15) is 10.4 Å². The van der Waals surface area contributed by atoms with Gasteiger partial charge in [-0.25, -0.2) is 9.48 Å². The average molecular weight is 232 g/mol. The topological polar surface area (TPSA) is 64.3 Å². The van der Waals surface area contributed by atoms with Gasteiger partial charge in [0.15, 0.2) is 0 Å². The quantitative estimate of drug-likeness (QED) is 0.876. The van der Waals surface area contributed by atoms with Gasteiger partial charge in [0.2, 0.25) is 5.88 Å². The molecule has 2 rings (SSSR count). The number of ether oxygens (including phenoxy) is 1. The lowest BCUT2D eigenvalue weighted by molar-refractivity contribution is 0.0693. The van der Waals surface area contributed by atoms with Crippen molar-refractivity contribution in [1.82, 2.24) is 9.78 Å². The van der Waals surface area contributed by atoms with Crippen LogP contribution in [-0.4, -0.2) is 28.0 Å². The first-order chi connectivity index (χ1) is 8.15. The normalized spacial score (nSPS) is 10.2. The van der Waals surface area contributed by atoms with E-state index in [4.69, 9.17) is 4.74 Å². The van der Waals surface area contributed by atoms with E-state index in [9.17, 15) is 9.90 Å². The Morgan fingerprint density at radius 2 is 2.00 bits per heavy atom. The van der Waals surface area contributed by atoms with Crippen LogP contribution >= 0.6 is 0 Å². The molecule has 0 fully saturated rings. The number of methoxy groups -OCH3 is 1. The summed E-state index contributed by atoms with van der Waals surface area (Å²) in [6.45, 7) is 0. The number of aromatic carboxylic acids is 1. The minimum atomic E-state index is -1.05. The summed E-state index contributed by atoms with van der Waals surface area (Å²) in [5, 5.41) is 13.4. The van der Waals surface area contributed by atoms with Crippen LogP contribution in [0.25, 0.3) is 11.3 Å². The Kier molecular flexibility index (Phi) is 2.82. The molecule has 1 aromatic heterocycles. The van der Waals surface area contributed by atoms with E-state index in [-0.39, 0.29) is 11.4 Å². The molecule has 0 radical (unpaired) electrons. The van der Waals surface area contributed by atoms with Gasteiger partial charge in [-0.2, -0.15) is 5.10 Å². The van der Waals surface area contributed by atoms with E-state index in [1.807, 2.05) is 30.3 Å². The SMILES string of the molecule is COc1c(C(=O)O)c(-c2ccccc2)nn1C. The molecule has 5 heteroatoms.